The predicted octanol–water partition coefficient (Wildman–Crippen LogP) is 1.76. The molecule has 9 heteroatoms. The summed E-state index contributed by atoms with van der Waals surface area (Å²) in [6.07, 6.45) is 0.200. The van der Waals surface area contributed by atoms with E-state index in [2.05, 4.69) is 4.72 Å². The monoisotopic (exact) mass is 417 g/mol. The van der Waals surface area contributed by atoms with E-state index in [1.54, 1.807) is 0 Å². The van der Waals surface area contributed by atoms with Crippen molar-refractivity contribution in [3.8, 4) is 5.75 Å². The number of likely N-dealkylation sites (N-methyl/N-ethyl adjacent to an activating group) is 1. The van der Waals surface area contributed by atoms with Crippen molar-refractivity contribution in [2.45, 2.75) is 17.7 Å². The van der Waals surface area contributed by atoms with Crippen LogP contribution in [0.5, 0.6) is 5.75 Å². The zero-order chi connectivity index (χ0) is 21.0. The summed E-state index contributed by atoms with van der Waals surface area (Å²) >= 11 is 0. The molecule has 1 heterocycles. The van der Waals surface area contributed by atoms with Crippen molar-refractivity contribution in [2.75, 3.05) is 37.0 Å². The van der Waals surface area contributed by atoms with E-state index in [4.69, 9.17) is 4.74 Å². The summed E-state index contributed by atoms with van der Waals surface area (Å²) in [7, 11) is -0.558. The van der Waals surface area contributed by atoms with E-state index in [0.717, 1.165) is 10.6 Å². The van der Waals surface area contributed by atoms with E-state index in [1.165, 1.54) is 25.3 Å². The lowest BCUT2D eigenvalue weighted by atomic mass is 10.2. The number of hydrogen-bond acceptors (Lipinski definition) is 6. The Bertz CT molecular complexity index is 992. The van der Waals surface area contributed by atoms with Crippen molar-refractivity contribution >= 4 is 33.2 Å². The lowest BCUT2D eigenvalue weighted by molar-refractivity contribution is -0.121. The fourth-order valence-electron chi connectivity index (χ4n) is 3.10. The van der Waals surface area contributed by atoms with Crippen molar-refractivity contribution in [1.82, 2.24) is 4.72 Å². The van der Waals surface area contributed by atoms with E-state index < -0.39 is 10.0 Å². The largest absolute Gasteiger partial charge is 0.495 e. The highest BCUT2D eigenvalue weighted by Gasteiger charge is 2.33. The quantitative estimate of drug-likeness (QED) is 0.658. The third-order valence-electron chi connectivity index (χ3n) is 4.69. The third kappa shape index (κ3) is 4.57. The molecule has 154 valence electrons. The molecule has 0 saturated carbocycles. The number of nitrogens with one attached hydrogen (secondary N) is 1. The minimum Gasteiger partial charge on any atom is -0.495 e. The molecule has 0 unspecified atom stereocenters. The van der Waals surface area contributed by atoms with Crippen molar-refractivity contribution in [3.63, 3.8) is 0 Å². The summed E-state index contributed by atoms with van der Waals surface area (Å²) in [5, 5.41) is 0. The first-order chi connectivity index (χ1) is 13.8. The van der Waals surface area contributed by atoms with Gasteiger partial charge in [-0.1, -0.05) is 18.2 Å². The molecule has 8 nitrogen and oxygen atoms in total. The second kappa shape index (κ2) is 8.62. The van der Waals surface area contributed by atoms with Gasteiger partial charge in [0, 0.05) is 38.7 Å². The summed E-state index contributed by atoms with van der Waals surface area (Å²) in [5.74, 6) is -0.489. The van der Waals surface area contributed by atoms with Gasteiger partial charge in [0.1, 0.15) is 5.75 Å². The number of carbonyl (C=O) groups excluding carboxylic acids is 2. The van der Waals surface area contributed by atoms with Gasteiger partial charge in [-0.2, -0.15) is 0 Å². The maximum Gasteiger partial charge on any atom is 0.240 e. The molecule has 1 aliphatic rings. The highest BCUT2D eigenvalue weighted by molar-refractivity contribution is 7.89. The molecule has 2 aromatic rings. The third-order valence-corrected chi connectivity index (χ3v) is 6.15. The lowest BCUT2D eigenvalue weighted by Crippen LogP contribution is -2.33. The minimum absolute atomic E-state index is 0.0387. The Morgan fingerprint density at radius 2 is 1.72 bits per heavy atom. The second-order valence-corrected chi connectivity index (χ2v) is 8.38. The minimum atomic E-state index is -3.83. The van der Waals surface area contributed by atoms with Gasteiger partial charge in [-0.3, -0.25) is 9.59 Å². The molecule has 0 radical (unpaired) electrons. The molecule has 3 rings (SSSR count). The maximum atomic E-state index is 12.7. The van der Waals surface area contributed by atoms with Crippen LogP contribution in [0.15, 0.2) is 53.4 Å². The van der Waals surface area contributed by atoms with Crippen molar-refractivity contribution in [2.24, 2.45) is 0 Å². The van der Waals surface area contributed by atoms with Gasteiger partial charge in [0.25, 0.3) is 0 Å². The molecule has 2 amide bonds. The van der Waals surface area contributed by atoms with Gasteiger partial charge < -0.3 is 9.64 Å². The molecular weight excluding hydrogens is 394 g/mol. The zero-order valence-electron chi connectivity index (χ0n) is 16.3. The molecule has 0 aliphatic carbocycles. The zero-order valence-corrected chi connectivity index (χ0v) is 17.1. The van der Waals surface area contributed by atoms with Crippen LogP contribution in [-0.4, -0.2) is 47.5 Å². The van der Waals surface area contributed by atoms with E-state index in [-0.39, 0.29) is 47.5 Å². The first-order valence-corrected chi connectivity index (χ1v) is 10.6. The van der Waals surface area contributed by atoms with Gasteiger partial charge in [0.2, 0.25) is 21.8 Å². The summed E-state index contributed by atoms with van der Waals surface area (Å²) in [6, 6.07) is 13.7. The fourth-order valence-corrected chi connectivity index (χ4v) is 4.14. The van der Waals surface area contributed by atoms with Crippen molar-refractivity contribution in [3.05, 3.63) is 48.5 Å². The van der Waals surface area contributed by atoms with Crippen LogP contribution in [0.25, 0.3) is 0 Å². The molecule has 1 N–H and O–H groups in total. The first kappa shape index (κ1) is 20.8. The van der Waals surface area contributed by atoms with Crippen LogP contribution in [0.1, 0.15) is 12.8 Å². The standard InChI is InChI=1S/C20H23N3O5S/c1-22(15-6-4-3-5-7-15)13-12-21-29(26,27)16-8-9-18(28-2)17(14-16)23-19(24)10-11-20(23)25/h3-9,14,21H,10-13H2,1-2H3. The molecule has 0 atom stereocenters. The van der Waals surface area contributed by atoms with Gasteiger partial charge in [-0.05, 0) is 30.3 Å². The Labute approximate surface area is 170 Å². The van der Waals surface area contributed by atoms with Gasteiger partial charge in [-0.15, -0.1) is 0 Å². The highest BCUT2D eigenvalue weighted by Crippen LogP contribution is 2.34. The molecule has 0 bridgehead atoms. The summed E-state index contributed by atoms with van der Waals surface area (Å²) < 4.78 is 33.2. The number of nitrogens with zero attached hydrogens (tertiary/aromatic N) is 2. The lowest BCUT2D eigenvalue weighted by Gasteiger charge is -2.20. The van der Waals surface area contributed by atoms with Gasteiger partial charge >= 0.3 is 0 Å². The number of benzene rings is 2. The average Bonchev–Trinajstić information content (AvgIpc) is 3.06. The molecular formula is C20H23N3O5S. The predicted molar refractivity (Wildman–Crippen MR) is 110 cm³/mol. The molecule has 0 aromatic heterocycles. The van der Waals surface area contributed by atoms with E-state index >= 15 is 0 Å². The Balaban J connectivity index is 1.76. The normalized spacial score (nSPS) is 14.3. The van der Waals surface area contributed by atoms with E-state index in [1.807, 2.05) is 42.3 Å². The van der Waals surface area contributed by atoms with Crippen LogP contribution in [0.4, 0.5) is 11.4 Å². The SMILES string of the molecule is COc1ccc(S(=O)(=O)NCCN(C)c2ccccc2)cc1N1C(=O)CCC1=O. The van der Waals surface area contributed by atoms with Crippen LogP contribution in [0.2, 0.25) is 0 Å². The van der Waals surface area contributed by atoms with Gasteiger partial charge in [0.05, 0.1) is 17.7 Å². The maximum absolute atomic E-state index is 12.7. The second-order valence-electron chi connectivity index (χ2n) is 6.61. The number of anilines is 2. The van der Waals surface area contributed by atoms with Gasteiger partial charge in [-0.25, -0.2) is 18.0 Å². The Kier molecular flexibility index (Phi) is 6.19. The summed E-state index contributed by atoms with van der Waals surface area (Å²) in [6.45, 7) is 0.659. The number of amides is 2. The first-order valence-electron chi connectivity index (χ1n) is 9.13. The van der Waals surface area contributed by atoms with Crippen molar-refractivity contribution in [1.29, 1.82) is 0 Å². The van der Waals surface area contributed by atoms with Gasteiger partial charge in [0.15, 0.2) is 0 Å². The number of hydrogen-bond donors (Lipinski definition) is 1. The Morgan fingerprint density at radius 3 is 2.34 bits per heavy atom. The topological polar surface area (TPSA) is 96.0 Å². The number of ether oxygens (including phenoxy) is 1. The Hall–Kier alpha value is -2.91. The smallest absolute Gasteiger partial charge is 0.240 e. The summed E-state index contributed by atoms with van der Waals surface area (Å²) in [5.41, 5.74) is 1.12. The van der Waals surface area contributed by atoms with Crippen LogP contribution < -0.4 is 19.3 Å². The molecule has 29 heavy (non-hydrogen) atoms. The van der Waals surface area contributed by atoms with Crippen LogP contribution >= 0.6 is 0 Å². The molecule has 0 spiro atoms. The number of methoxy groups -OCH3 is 1. The van der Waals surface area contributed by atoms with Crippen molar-refractivity contribution < 1.29 is 22.7 Å². The number of carbonyl (C=O) groups is 2. The number of para-hydroxylation sites is 1. The molecule has 1 fully saturated rings. The fraction of sp³-hybridized carbons (Fsp3) is 0.300. The molecule has 2 aromatic carbocycles. The highest BCUT2D eigenvalue weighted by atomic mass is 32.2. The van der Waals surface area contributed by atoms with Crippen LogP contribution in [0, 0.1) is 0 Å². The summed E-state index contributed by atoms with van der Waals surface area (Å²) in [4.78, 5) is 27.0. The number of sulfonamides is 1. The number of imide groups is 1. The average molecular weight is 417 g/mol. The molecule has 1 saturated heterocycles. The molecule has 1 aliphatic heterocycles. The van der Waals surface area contributed by atoms with Crippen LogP contribution in [0.3, 0.4) is 0 Å². The number of rotatable bonds is 8. The Morgan fingerprint density at radius 1 is 1.07 bits per heavy atom. The van der Waals surface area contributed by atoms with Crippen LogP contribution in [-0.2, 0) is 19.6 Å². The van der Waals surface area contributed by atoms with E-state index in [9.17, 15) is 18.0 Å². The van der Waals surface area contributed by atoms with E-state index in [0.29, 0.717) is 6.54 Å².